The third-order valence-corrected chi connectivity index (χ3v) is 8.71. The molecule has 2 bridgehead atoms. The van der Waals surface area contributed by atoms with Crippen molar-refractivity contribution in [3.8, 4) is 11.5 Å². The lowest BCUT2D eigenvalue weighted by Gasteiger charge is -2.57. The fourth-order valence-electron chi connectivity index (χ4n) is 5.69. The van der Waals surface area contributed by atoms with Crippen LogP contribution in [0.4, 0.5) is 13.6 Å². The van der Waals surface area contributed by atoms with Crippen LogP contribution in [0.15, 0.2) is 36.4 Å². The number of amides is 3. The van der Waals surface area contributed by atoms with Crippen LogP contribution in [0.5, 0.6) is 11.5 Å². The topological polar surface area (TPSA) is 190 Å². The molecule has 5 N–H and O–H groups in total. The van der Waals surface area contributed by atoms with E-state index in [-0.39, 0.29) is 40.8 Å². The number of carbonyl (C=O) groups excluding carboxylic acids is 3. The summed E-state index contributed by atoms with van der Waals surface area (Å²) in [7, 11) is 0. The average Bonchev–Trinajstić information content (AvgIpc) is 3.01. The van der Waals surface area contributed by atoms with Gasteiger partial charge in [0.05, 0.1) is 15.6 Å². The number of hydrogen-bond acceptors (Lipinski definition) is 8. The predicted octanol–water partition coefficient (Wildman–Crippen LogP) is 3.83. The Balaban J connectivity index is 1.45. The van der Waals surface area contributed by atoms with Crippen LogP contribution >= 0.6 is 23.2 Å². The third-order valence-electron chi connectivity index (χ3n) is 8.09. The summed E-state index contributed by atoms with van der Waals surface area (Å²) in [5, 5.41) is 26.0. The molecule has 0 spiro atoms. The first-order valence-electron chi connectivity index (χ1n) is 14.4. The van der Waals surface area contributed by atoms with Crippen LogP contribution in [-0.4, -0.2) is 76.5 Å². The van der Waals surface area contributed by atoms with Gasteiger partial charge in [0, 0.05) is 30.5 Å². The number of carboxylic acid groups (broad SMARTS) is 2. The third kappa shape index (κ3) is 9.35. The zero-order chi connectivity index (χ0) is 34.4. The molecule has 2 atom stereocenters. The van der Waals surface area contributed by atoms with Gasteiger partial charge >= 0.3 is 18.0 Å². The number of fused-ring (bicyclic) bond motifs is 3. The standard InChI is InChI=1S/C30H31Cl2F2N3O10/c31-18-3-1-16(11-20(18)33)45-14-24(38)36-29-7-9-30(10-8-29,37-25(39)15-46-17-2-4-19(32)21(34)12-17)23(13-29)47-28(44)35-22(27(42)43)5-6-26(40)41/h1-4,11-12,22-23H,5-10,13-15H2,(H,35,44)(H,36,38)(H,37,39)(H,40,41)(H,42,43)/t22-,23+,29?,30?/m1/s1. The number of nitrogens with one attached hydrogen (secondary N) is 3. The molecule has 0 saturated heterocycles. The maximum absolute atomic E-state index is 13.8. The van der Waals surface area contributed by atoms with Gasteiger partial charge < -0.3 is 40.4 Å². The minimum absolute atomic E-state index is 0.0120. The lowest BCUT2D eigenvalue weighted by atomic mass is 9.59. The number of benzene rings is 2. The molecule has 47 heavy (non-hydrogen) atoms. The quantitative estimate of drug-likeness (QED) is 0.194. The van der Waals surface area contributed by atoms with Crippen molar-refractivity contribution in [2.45, 2.75) is 68.2 Å². The van der Waals surface area contributed by atoms with Gasteiger partial charge in [0.2, 0.25) is 0 Å². The molecule has 3 fully saturated rings. The predicted molar refractivity (Wildman–Crippen MR) is 160 cm³/mol. The Bertz CT molecular complexity index is 1540. The normalized spacial score (nSPS) is 22.0. The molecule has 0 aliphatic heterocycles. The summed E-state index contributed by atoms with van der Waals surface area (Å²) in [4.78, 5) is 61.4. The van der Waals surface area contributed by atoms with Gasteiger partial charge in [-0.15, -0.1) is 0 Å². The Morgan fingerprint density at radius 1 is 0.851 bits per heavy atom. The molecule has 3 aliphatic rings. The Labute approximate surface area is 276 Å². The van der Waals surface area contributed by atoms with E-state index in [0.717, 1.165) is 12.1 Å². The number of rotatable bonds is 14. The van der Waals surface area contributed by atoms with Gasteiger partial charge in [0.1, 0.15) is 35.3 Å². The van der Waals surface area contributed by atoms with Crippen LogP contribution in [0, 0.1) is 11.6 Å². The van der Waals surface area contributed by atoms with Gasteiger partial charge in [-0.3, -0.25) is 14.4 Å². The zero-order valence-corrected chi connectivity index (χ0v) is 26.2. The van der Waals surface area contributed by atoms with E-state index in [1.54, 1.807) is 0 Å². The van der Waals surface area contributed by atoms with Crippen molar-refractivity contribution in [1.82, 2.24) is 16.0 Å². The van der Waals surface area contributed by atoms with Crippen molar-refractivity contribution in [2.75, 3.05) is 13.2 Å². The fraction of sp³-hybridized carbons (Fsp3) is 0.433. The summed E-state index contributed by atoms with van der Waals surface area (Å²) >= 11 is 11.4. The molecule has 13 nitrogen and oxygen atoms in total. The first kappa shape index (κ1) is 35.5. The second-order valence-electron chi connectivity index (χ2n) is 11.3. The molecule has 3 saturated carbocycles. The lowest BCUT2D eigenvalue weighted by molar-refractivity contribution is -0.141. The van der Waals surface area contributed by atoms with Crippen molar-refractivity contribution >= 4 is 53.0 Å². The number of carboxylic acids is 2. The number of ether oxygens (including phenoxy) is 3. The van der Waals surface area contributed by atoms with E-state index >= 15 is 0 Å². The number of carbonyl (C=O) groups is 5. The Morgan fingerprint density at radius 3 is 1.87 bits per heavy atom. The van der Waals surface area contributed by atoms with Gasteiger partial charge in [-0.05, 0) is 56.4 Å². The first-order valence-corrected chi connectivity index (χ1v) is 15.1. The summed E-state index contributed by atoms with van der Waals surface area (Å²) in [5.74, 6) is -5.25. The molecule has 17 heteroatoms. The molecular formula is C30H31Cl2F2N3O10. The number of alkyl carbamates (subject to hydrolysis) is 1. The van der Waals surface area contributed by atoms with Gasteiger partial charge in [-0.2, -0.15) is 0 Å². The SMILES string of the molecule is O=C(O)CC[C@@H](NC(=O)O[C@H]1CC2(NC(=O)COc3ccc(Cl)c(F)c3)CCC1(NC(=O)COc1ccc(Cl)c(F)c1)CC2)C(=O)O. The number of halogens is 4. The van der Waals surface area contributed by atoms with Gasteiger partial charge in [0.25, 0.3) is 11.8 Å². The van der Waals surface area contributed by atoms with Crippen LogP contribution in [0.1, 0.15) is 44.9 Å². The van der Waals surface area contributed by atoms with E-state index in [1.165, 1.54) is 24.3 Å². The minimum Gasteiger partial charge on any atom is -0.484 e. The van der Waals surface area contributed by atoms with Gasteiger partial charge in [-0.25, -0.2) is 18.4 Å². The molecule has 0 radical (unpaired) electrons. The minimum atomic E-state index is -1.57. The van der Waals surface area contributed by atoms with E-state index in [9.17, 15) is 37.9 Å². The van der Waals surface area contributed by atoms with Crippen molar-refractivity contribution < 1.29 is 57.2 Å². The molecule has 2 aromatic carbocycles. The lowest BCUT2D eigenvalue weighted by Crippen LogP contribution is -2.71. The Kier molecular flexibility index (Phi) is 11.3. The maximum atomic E-state index is 13.8. The highest BCUT2D eigenvalue weighted by molar-refractivity contribution is 6.31. The Morgan fingerprint density at radius 2 is 1.38 bits per heavy atom. The van der Waals surface area contributed by atoms with Crippen LogP contribution < -0.4 is 25.4 Å². The molecule has 5 rings (SSSR count). The van der Waals surface area contributed by atoms with Crippen LogP contribution in [0.2, 0.25) is 10.0 Å². The van der Waals surface area contributed by atoms with Crippen LogP contribution in [0.25, 0.3) is 0 Å². The van der Waals surface area contributed by atoms with E-state index in [0.29, 0.717) is 12.8 Å². The summed E-state index contributed by atoms with van der Waals surface area (Å²) in [6.45, 7) is -0.994. The smallest absolute Gasteiger partial charge is 0.408 e. The molecule has 0 heterocycles. The summed E-state index contributed by atoms with van der Waals surface area (Å²) in [6, 6.07) is 5.79. The first-order chi connectivity index (χ1) is 22.2. The molecule has 0 aromatic heterocycles. The second-order valence-corrected chi connectivity index (χ2v) is 12.1. The van der Waals surface area contributed by atoms with Crippen molar-refractivity contribution in [3.05, 3.63) is 58.1 Å². The molecular weight excluding hydrogens is 671 g/mol. The number of hydrogen-bond donors (Lipinski definition) is 5. The zero-order valence-electron chi connectivity index (χ0n) is 24.7. The highest BCUT2D eigenvalue weighted by Crippen LogP contribution is 2.48. The van der Waals surface area contributed by atoms with E-state index in [4.69, 9.17) is 42.5 Å². The van der Waals surface area contributed by atoms with Gasteiger partial charge in [-0.1, -0.05) is 23.2 Å². The van der Waals surface area contributed by atoms with E-state index < -0.39 is 90.8 Å². The summed E-state index contributed by atoms with van der Waals surface area (Å²) in [6.07, 6.45) is -2.05. The molecule has 3 amide bonds. The van der Waals surface area contributed by atoms with E-state index in [2.05, 4.69) is 16.0 Å². The van der Waals surface area contributed by atoms with E-state index in [1.807, 2.05) is 0 Å². The molecule has 254 valence electrons. The van der Waals surface area contributed by atoms with Crippen molar-refractivity contribution in [3.63, 3.8) is 0 Å². The van der Waals surface area contributed by atoms with Gasteiger partial charge in [0.15, 0.2) is 13.2 Å². The summed E-state index contributed by atoms with van der Waals surface area (Å²) < 4.78 is 44.0. The highest BCUT2D eigenvalue weighted by atomic mass is 35.5. The second kappa shape index (κ2) is 15.0. The monoisotopic (exact) mass is 701 g/mol. The molecule has 3 aliphatic carbocycles. The highest BCUT2D eigenvalue weighted by Gasteiger charge is 2.57. The summed E-state index contributed by atoms with van der Waals surface area (Å²) in [5.41, 5.74) is -2.05. The maximum Gasteiger partial charge on any atom is 0.408 e. The van der Waals surface area contributed by atoms with Crippen molar-refractivity contribution in [2.24, 2.45) is 0 Å². The molecule has 2 aromatic rings. The number of aliphatic carboxylic acids is 2. The fourth-order valence-corrected chi connectivity index (χ4v) is 5.93. The Hall–Kier alpha value is -4.37. The largest absolute Gasteiger partial charge is 0.484 e. The van der Waals surface area contributed by atoms with Crippen LogP contribution in [-0.2, 0) is 23.9 Å². The average molecular weight is 702 g/mol. The van der Waals surface area contributed by atoms with Crippen molar-refractivity contribution in [1.29, 1.82) is 0 Å². The molecule has 0 unspecified atom stereocenters. The van der Waals surface area contributed by atoms with Crippen LogP contribution in [0.3, 0.4) is 0 Å².